The fourth-order valence-corrected chi connectivity index (χ4v) is 6.58. The molecule has 416 valence electrons. The number of benzene rings is 3. The Bertz CT molecular complexity index is 2120. The summed E-state index contributed by atoms with van der Waals surface area (Å²) in [5.41, 5.74) is 3.47. The maximum absolute atomic E-state index is 13.6. The van der Waals surface area contributed by atoms with E-state index in [9.17, 15) is 31.9 Å². The first kappa shape index (κ1) is 62.4. The molecule has 1 N–H and O–H groups in total. The third kappa shape index (κ3) is 27.5. The first-order valence-electron chi connectivity index (χ1n) is 25.0. The van der Waals surface area contributed by atoms with E-state index in [1.165, 1.54) is 0 Å². The molecule has 0 saturated heterocycles. The van der Waals surface area contributed by atoms with Crippen molar-refractivity contribution in [1.82, 2.24) is 5.32 Å². The van der Waals surface area contributed by atoms with Crippen LogP contribution in [-0.2, 0) is 77.8 Å². The van der Waals surface area contributed by atoms with Gasteiger partial charge in [-0.1, -0.05) is 42.2 Å². The molecular formula is C53H70F4N2O16. The van der Waals surface area contributed by atoms with E-state index >= 15 is 0 Å². The second kappa shape index (κ2) is 40.2. The Morgan fingerprint density at radius 2 is 0.853 bits per heavy atom. The number of rotatable bonds is 44. The van der Waals surface area contributed by atoms with Crippen LogP contribution in [0, 0.1) is 35.1 Å². The zero-order valence-corrected chi connectivity index (χ0v) is 42.4. The normalized spacial score (nSPS) is 11.9. The summed E-state index contributed by atoms with van der Waals surface area (Å²) in [4.78, 5) is 39.2. The molecule has 0 aromatic heterocycles. The predicted molar refractivity (Wildman–Crippen MR) is 263 cm³/mol. The lowest BCUT2D eigenvalue weighted by atomic mass is 10.0. The Balaban J connectivity index is 0.779. The molecule has 22 heteroatoms. The minimum absolute atomic E-state index is 0.0154. The molecule has 0 radical (unpaired) electrons. The molecule has 0 bridgehead atoms. The van der Waals surface area contributed by atoms with Gasteiger partial charge in [0.1, 0.15) is 0 Å². The van der Waals surface area contributed by atoms with Crippen LogP contribution in [-0.4, -0.2) is 183 Å². The number of carbonyl (C=O) groups excluding carboxylic acids is 3. The lowest BCUT2D eigenvalue weighted by Gasteiger charge is -2.26. The average molecular weight is 1070 g/mol. The van der Waals surface area contributed by atoms with E-state index in [1.807, 2.05) is 48.5 Å². The number of nitrogens with zero attached hydrogens (tertiary/aromatic N) is 1. The first-order valence-corrected chi connectivity index (χ1v) is 25.0. The molecule has 3 aromatic rings. The highest BCUT2D eigenvalue weighted by molar-refractivity contribution is 5.95. The lowest BCUT2D eigenvalue weighted by Crippen LogP contribution is -2.32. The number of nitrogens with one attached hydrogen (secondary N) is 1. The molecule has 0 aliphatic carbocycles. The standard InChI is InChI=1S/C53H70F4N2O16/c54-45-40-46(55)52(57)53(51(45)56)75-50(62)14-16-63-18-20-65-22-24-67-26-28-69-30-32-71-34-36-73-38-39-74-37-35-72-33-31-70-29-27-68-25-23-66-21-19-64-17-15-58-48(60)10-5-11-49(61)59-41-44-8-2-1-6-42(44)12-13-43-7-3-4-9-47(43)59/h1-4,6-9,40H,5,10-11,14-39,41H2,(H,58,60). The van der Waals surface area contributed by atoms with Gasteiger partial charge in [-0.25, -0.2) is 8.78 Å². The largest absolute Gasteiger partial charge is 0.420 e. The fourth-order valence-electron chi connectivity index (χ4n) is 6.58. The Labute approximate surface area is 435 Å². The highest BCUT2D eigenvalue weighted by Crippen LogP contribution is 2.28. The molecular weight excluding hydrogens is 997 g/mol. The molecule has 1 aliphatic heterocycles. The molecule has 0 fully saturated rings. The topological polar surface area (TPSA) is 186 Å². The van der Waals surface area contributed by atoms with Crippen LogP contribution in [0.1, 0.15) is 42.4 Å². The number of esters is 1. The van der Waals surface area contributed by atoms with E-state index in [4.69, 9.17) is 56.8 Å². The number of anilines is 1. The van der Waals surface area contributed by atoms with E-state index in [-0.39, 0.29) is 50.5 Å². The SMILES string of the molecule is O=C(CCCC(=O)N1Cc2ccccc2C#Cc2ccccc21)NCCOCCOCCOCCOCCOCCOCCOCCOCCOCCOCCOCCOCCC(=O)Oc1c(F)c(F)cc(F)c1F. The van der Waals surface area contributed by atoms with Gasteiger partial charge in [-0.2, -0.15) is 8.78 Å². The second-order valence-corrected chi connectivity index (χ2v) is 16.0. The Morgan fingerprint density at radius 3 is 1.32 bits per heavy atom. The van der Waals surface area contributed by atoms with Gasteiger partial charge in [0.25, 0.3) is 0 Å². The molecule has 2 amide bonds. The monoisotopic (exact) mass is 1070 g/mol. The van der Waals surface area contributed by atoms with Crippen molar-refractivity contribution < 1.29 is 93.5 Å². The number of carbonyl (C=O) groups is 3. The molecule has 0 unspecified atom stereocenters. The first-order chi connectivity index (χ1) is 36.7. The molecule has 75 heavy (non-hydrogen) atoms. The van der Waals surface area contributed by atoms with Crippen LogP contribution >= 0.6 is 0 Å². The van der Waals surface area contributed by atoms with E-state index in [0.29, 0.717) is 158 Å². The third-order valence-electron chi connectivity index (χ3n) is 10.4. The van der Waals surface area contributed by atoms with Crippen LogP contribution in [0.3, 0.4) is 0 Å². The zero-order valence-electron chi connectivity index (χ0n) is 42.4. The van der Waals surface area contributed by atoms with Crippen molar-refractivity contribution in [2.24, 2.45) is 0 Å². The average Bonchev–Trinajstić information content (AvgIpc) is 3.40. The number of halogens is 4. The molecule has 1 aliphatic rings. The van der Waals surface area contributed by atoms with Crippen LogP contribution in [0.25, 0.3) is 0 Å². The van der Waals surface area contributed by atoms with Gasteiger partial charge >= 0.3 is 5.97 Å². The number of hydrogen-bond donors (Lipinski definition) is 1. The molecule has 0 atom stereocenters. The summed E-state index contributed by atoms with van der Waals surface area (Å²) in [6.07, 6.45) is 0.518. The van der Waals surface area contributed by atoms with Crippen molar-refractivity contribution in [2.75, 3.05) is 170 Å². The smallest absolute Gasteiger partial charge is 0.313 e. The summed E-state index contributed by atoms with van der Waals surface area (Å²) >= 11 is 0. The van der Waals surface area contributed by atoms with E-state index in [1.54, 1.807) is 4.90 Å². The number of para-hydroxylation sites is 1. The minimum Gasteiger partial charge on any atom is -0.420 e. The predicted octanol–water partition coefficient (Wildman–Crippen LogP) is 4.97. The Morgan fingerprint density at radius 1 is 0.467 bits per heavy atom. The molecule has 18 nitrogen and oxygen atoms in total. The van der Waals surface area contributed by atoms with Gasteiger partial charge in [-0.05, 0) is 30.2 Å². The van der Waals surface area contributed by atoms with Gasteiger partial charge in [0, 0.05) is 36.6 Å². The van der Waals surface area contributed by atoms with Crippen LogP contribution in [0.15, 0.2) is 54.6 Å². The summed E-state index contributed by atoms with van der Waals surface area (Å²) in [6.45, 7) is 9.45. The van der Waals surface area contributed by atoms with E-state index < -0.39 is 41.4 Å². The van der Waals surface area contributed by atoms with Crippen molar-refractivity contribution in [3.05, 3.63) is 94.6 Å². The summed E-state index contributed by atoms with van der Waals surface area (Å²) in [7, 11) is 0. The number of amides is 2. The van der Waals surface area contributed by atoms with Gasteiger partial charge in [0.2, 0.25) is 29.2 Å². The molecule has 1 heterocycles. The van der Waals surface area contributed by atoms with E-state index in [0.717, 1.165) is 22.4 Å². The van der Waals surface area contributed by atoms with Crippen LogP contribution in [0.4, 0.5) is 23.2 Å². The fraction of sp³-hybridized carbons (Fsp3) is 0.566. The number of ether oxygens (including phenoxy) is 13. The summed E-state index contributed by atoms with van der Waals surface area (Å²) < 4.78 is 123. The maximum Gasteiger partial charge on any atom is 0.313 e. The Kier molecular flexibility index (Phi) is 33.4. The third-order valence-corrected chi connectivity index (χ3v) is 10.4. The van der Waals surface area contributed by atoms with Crippen molar-refractivity contribution in [3.63, 3.8) is 0 Å². The van der Waals surface area contributed by atoms with Crippen LogP contribution < -0.4 is 15.0 Å². The number of fused-ring (bicyclic) bond motifs is 2. The quantitative estimate of drug-likeness (QED) is 0.0200. The molecule has 0 saturated carbocycles. The minimum atomic E-state index is -1.80. The molecule has 0 spiro atoms. The van der Waals surface area contributed by atoms with Gasteiger partial charge in [-0.15, -0.1) is 0 Å². The van der Waals surface area contributed by atoms with Crippen molar-refractivity contribution in [1.29, 1.82) is 0 Å². The molecule has 4 rings (SSSR count). The highest BCUT2D eigenvalue weighted by Gasteiger charge is 2.24. The van der Waals surface area contributed by atoms with Crippen LogP contribution in [0.2, 0.25) is 0 Å². The summed E-state index contributed by atoms with van der Waals surface area (Å²) in [5.74, 6) is -3.27. The zero-order chi connectivity index (χ0) is 53.4. The van der Waals surface area contributed by atoms with Crippen molar-refractivity contribution in [3.8, 4) is 17.6 Å². The van der Waals surface area contributed by atoms with Gasteiger partial charge in [0.05, 0.1) is 177 Å². The summed E-state index contributed by atoms with van der Waals surface area (Å²) in [6, 6.07) is 15.5. The van der Waals surface area contributed by atoms with Gasteiger partial charge < -0.3 is 71.8 Å². The van der Waals surface area contributed by atoms with Gasteiger partial charge in [0.15, 0.2) is 11.6 Å². The van der Waals surface area contributed by atoms with Gasteiger partial charge in [-0.3, -0.25) is 14.4 Å². The highest BCUT2D eigenvalue weighted by atomic mass is 19.2. The number of hydrogen-bond acceptors (Lipinski definition) is 16. The van der Waals surface area contributed by atoms with E-state index in [2.05, 4.69) is 21.9 Å². The maximum atomic E-state index is 13.6. The van der Waals surface area contributed by atoms with Crippen molar-refractivity contribution in [2.45, 2.75) is 32.2 Å². The molecule has 3 aromatic carbocycles. The lowest BCUT2D eigenvalue weighted by molar-refractivity contribution is -0.136. The second-order valence-electron chi connectivity index (χ2n) is 16.0. The van der Waals surface area contributed by atoms with Crippen molar-refractivity contribution >= 4 is 23.5 Å². The summed E-state index contributed by atoms with van der Waals surface area (Å²) in [5, 5.41) is 2.84. The Hall–Kier alpha value is -5.13. The van der Waals surface area contributed by atoms with Crippen LogP contribution in [0.5, 0.6) is 5.75 Å².